The first-order valence-electron chi connectivity index (χ1n) is 21.3. The molecular formula is C54H45BN2O4. The van der Waals surface area contributed by atoms with Gasteiger partial charge in [-0.25, -0.2) is 0 Å². The van der Waals surface area contributed by atoms with Crippen LogP contribution in [0.3, 0.4) is 0 Å². The number of hydrogen-bond donors (Lipinski definition) is 0. The number of hydrogen-bond acceptors (Lipinski definition) is 6. The average molecular weight is 797 g/mol. The molecule has 1 atom stereocenters. The Morgan fingerprint density at radius 1 is 0.623 bits per heavy atom. The number of anilines is 6. The third kappa shape index (κ3) is 5.56. The summed E-state index contributed by atoms with van der Waals surface area (Å²) < 4.78 is 25.4. The predicted molar refractivity (Wildman–Crippen MR) is 248 cm³/mol. The minimum atomic E-state index is -0.0902. The van der Waals surface area contributed by atoms with E-state index in [4.69, 9.17) is 18.6 Å². The van der Waals surface area contributed by atoms with Gasteiger partial charge in [0, 0.05) is 51.9 Å². The number of para-hydroxylation sites is 2. The fourth-order valence-electron chi connectivity index (χ4n) is 10.3. The fraction of sp³-hybridized carbons (Fsp3) is 0.185. The van der Waals surface area contributed by atoms with Crippen LogP contribution in [0, 0.1) is 20.8 Å². The first-order chi connectivity index (χ1) is 29.6. The summed E-state index contributed by atoms with van der Waals surface area (Å²) in [4.78, 5) is 4.98. The van der Waals surface area contributed by atoms with Crippen molar-refractivity contribution < 1.29 is 18.6 Å². The highest BCUT2D eigenvalue weighted by Gasteiger charge is 2.45. The zero-order valence-corrected chi connectivity index (χ0v) is 35.3. The molecule has 1 unspecified atom stereocenters. The Balaban J connectivity index is 1.12. The first-order valence-corrected chi connectivity index (χ1v) is 21.3. The van der Waals surface area contributed by atoms with Gasteiger partial charge in [-0.05, 0) is 131 Å². The molecule has 0 aliphatic carbocycles. The van der Waals surface area contributed by atoms with E-state index in [-0.39, 0.29) is 25.0 Å². The van der Waals surface area contributed by atoms with Crippen LogP contribution in [0.25, 0.3) is 22.3 Å². The van der Waals surface area contributed by atoms with Gasteiger partial charge in [-0.3, -0.25) is 0 Å². The largest absolute Gasteiger partial charge is 0.485 e. The summed E-state index contributed by atoms with van der Waals surface area (Å²) in [6, 6.07) is 48.6. The van der Waals surface area contributed by atoms with Crippen molar-refractivity contribution in [3.8, 4) is 28.6 Å². The number of benzene rings is 7. The van der Waals surface area contributed by atoms with Crippen LogP contribution in [0.4, 0.5) is 34.1 Å². The number of rotatable bonds is 4. The van der Waals surface area contributed by atoms with Crippen LogP contribution in [-0.4, -0.2) is 13.5 Å². The van der Waals surface area contributed by atoms with E-state index in [2.05, 4.69) is 173 Å². The van der Waals surface area contributed by atoms with Gasteiger partial charge in [0.2, 0.25) is 6.79 Å². The van der Waals surface area contributed by atoms with Crippen molar-refractivity contribution in [3.63, 3.8) is 0 Å². The van der Waals surface area contributed by atoms with E-state index in [0.717, 1.165) is 74.3 Å². The van der Waals surface area contributed by atoms with Crippen molar-refractivity contribution >= 4 is 68.2 Å². The topological polar surface area (TPSA) is 47.3 Å². The SMILES string of the molecule is Cc1cc2c3c(c1)N(c1c(C)cc(C(C)(C)C)cc1C)c1cc4c(cc1B3c1ccc(-c3cc5ccccc5o3)cc1N2c1cccc(C2Cc3ccccc3O2)c1)OCO4. The van der Waals surface area contributed by atoms with E-state index in [1.165, 1.54) is 55.6 Å². The van der Waals surface area contributed by atoms with Crippen LogP contribution in [0.15, 0.2) is 138 Å². The lowest BCUT2D eigenvalue weighted by atomic mass is 9.33. The van der Waals surface area contributed by atoms with Crippen LogP contribution in [0.1, 0.15) is 60.3 Å². The monoisotopic (exact) mass is 796 g/mol. The van der Waals surface area contributed by atoms with Gasteiger partial charge in [0.1, 0.15) is 23.2 Å². The van der Waals surface area contributed by atoms with E-state index in [1.54, 1.807) is 0 Å². The molecule has 4 aliphatic heterocycles. The number of nitrogens with zero attached hydrogens (tertiary/aromatic N) is 2. The van der Waals surface area contributed by atoms with Crippen LogP contribution < -0.4 is 40.4 Å². The third-order valence-electron chi connectivity index (χ3n) is 13.1. The number of ether oxygens (including phenoxy) is 3. The minimum absolute atomic E-state index is 0.0136. The molecule has 298 valence electrons. The second-order valence-electron chi connectivity index (χ2n) is 18.2. The highest BCUT2D eigenvalue weighted by molar-refractivity contribution is 7.00. The van der Waals surface area contributed by atoms with E-state index in [0.29, 0.717) is 0 Å². The van der Waals surface area contributed by atoms with Gasteiger partial charge in [0.05, 0.1) is 5.69 Å². The molecule has 7 heteroatoms. The van der Waals surface area contributed by atoms with E-state index < -0.39 is 0 Å². The molecule has 0 bridgehead atoms. The summed E-state index contributed by atoms with van der Waals surface area (Å²) in [7, 11) is 0. The van der Waals surface area contributed by atoms with Crippen molar-refractivity contribution in [2.24, 2.45) is 0 Å². The fourth-order valence-corrected chi connectivity index (χ4v) is 10.3. The zero-order chi connectivity index (χ0) is 41.3. The lowest BCUT2D eigenvalue weighted by molar-refractivity contribution is 0.174. The van der Waals surface area contributed by atoms with Gasteiger partial charge in [-0.15, -0.1) is 0 Å². The molecule has 61 heavy (non-hydrogen) atoms. The number of fused-ring (bicyclic) bond motifs is 7. The molecule has 0 amide bonds. The van der Waals surface area contributed by atoms with E-state index in [9.17, 15) is 0 Å². The molecule has 0 radical (unpaired) electrons. The van der Waals surface area contributed by atoms with Crippen molar-refractivity contribution in [1.82, 2.24) is 0 Å². The Morgan fingerprint density at radius 2 is 1.36 bits per heavy atom. The molecule has 12 rings (SSSR count). The molecule has 7 aromatic carbocycles. The molecule has 0 saturated heterocycles. The van der Waals surface area contributed by atoms with Crippen LogP contribution >= 0.6 is 0 Å². The summed E-state index contributed by atoms with van der Waals surface area (Å²) in [5.41, 5.74) is 19.7. The third-order valence-corrected chi connectivity index (χ3v) is 13.1. The smallest absolute Gasteiger partial charge is 0.252 e. The minimum Gasteiger partial charge on any atom is -0.485 e. The number of furan rings is 1. The summed E-state index contributed by atoms with van der Waals surface area (Å²) in [6.07, 6.45) is 0.763. The van der Waals surface area contributed by atoms with Crippen molar-refractivity contribution in [2.75, 3.05) is 16.6 Å². The Bertz CT molecular complexity index is 3060. The Morgan fingerprint density at radius 3 is 2.15 bits per heavy atom. The van der Waals surface area contributed by atoms with Crippen LogP contribution in [-0.2, 0) is 11.8 Å². The molecule has 0 fully saturated rings. The highest BCUT2D eigenvalue weighted by Crippen LogP contribution is 2.50. The van der Waals surface area contributed by atoms with E-state index in [1.807, 2.05) is 12.1 Å². The molecule has 5 heterocycles. The Hall–Kier alpha value is -6.86. The normalized spacial score (nSPS) is 15.7. The molecular weight excluding hydrogens is 751 g/mol. The maximum absolute atomic E-state index is 6.59. The molecule has 4 aliphatic rings. The molecule has 0 N–H and O–H groups in total. The van der Waals surface area contributed by atoms with Crippen molar-refractivity contribution in [3.05, 3.63) is 167 Å². The highest BCUT2D eigenvalue weighted by atomic mass is 16.7. The van der Waals surface area contributed by atoms with Crippen LogP contribution in [0.5, 0.6) is 17.2 Å². The molecule has 0 spiro atoms. The molecule has 0 saturated carbocycles. The molecule has 1 aromatic heterocycles. The Labute approximate surface area is 357 Å². The van der Waals surface area contributed by atoms with Gasteiger partial charge in [-0.2, -0.15) is 0 Å². The first kappa shape index (κ1) is 36.0. The maximum atomic E-state index is 6.59. The second-order valence-corrected chi connectivity index (χ2v) is 18.2. The lowest BCUT2D eigenvalue weighted by Gasteiger charge is -2.45. The predicted octanol–water partition coefficient (Wildman–Crippen LogP) is 11.8. The summed E-state index contributed by atoms with van der Waals surface area (Å²) >= 11 is 0. The van der Waals surface area contributed by atoms with Gasteiger partial charge in [0.15, 0.2) is 11.5 Å². The Kier molecular flexibility index (Phi) is 7.72. The lowest BCUT2D eigenvalue weighted by Crippen LogP contribution is -2.61. The molecule has 6 nitrogen and oxygen atoms in total. The van der Waals surface area contributed by atoms with Gasteiger partial charge in [-0.1, -0.05) is 93.6 Å². The molecule has 8 aromatic rings. The van der Waals surface area contributed by atoms with Crippen LogP contribution in [0.2, 0.25) is 0 Å². The zero-order valence-electron chi connectivity index (χ0n) is 35.3. The van der Waals surface area contributed by atoms with Crippen molar-refractivity contribution in [2.45, 2.75) is 59.5 Å². The van der Waals surface area contributed by atoms with Gasteiger partial charge in [0.25, 0.3) is 6.71 Å². The van der Waals surface area contributed by atoms with Gasteiger partial charge >= 0.3 is 0 Å². The quantitative estimate of drug-likeness (QED) is 0.165. The maximum Gasteiger partial charge on any atom is 0.252 e. The second kappa shape index (κ2) is 13.1. The number of aryl methyl sites for hydroxylation is 3. The summed E-state index contributed by atoms with van der Waals surface area (Å²) in [6.45, 7) is 13.7. The summed E-state index contributed by atoms with van der Waals surface area (Å²) in [5, 5.41) is 1.08. The summed E-state index contributed by atoms with van der Waals surface area (Å²) in [5.74, 6) is 3.36. The standard InChI is InChI=1S/C54H45BN2O4/c1-31-20-44-52-45(21-31)57(53-32(2)22-38(23-33(53)3)54(4,5)6)43-29-51-50(58-30-59-51)28-41(43)55(52)40-19-18-37(49-27-36-13-8-10-17-47(36)61-49)25-42(40)56(44)39-15-11-14-34(24-39)48-26-35-12-7-9-16-46(35)60-48/h7-25,27-29,48H,26,30H2,1-6H3. The van der Waals surface area contributed by atoms with Crippen molar-refractivity contribution in [1.29, 1.82) is 0 Å². The average Bonchev–Trinajstić information content (AvgIpc) is 4.01. The van der Waals surface area contributed by atoms with Gasteiger partial charge < -0.3 is 28.4 Å². The van der Waals surface area contributed by atoms with E-state index >= 15 is 0 Å².